The van der Waals surface area contributed by atoms with Gasteiger partial charge in [-0.1, -0.05) is 18.2 Å². The number of hydrogen-bond donors (Lipinski definition) is 2. The molecule has 0 bridgehead atoms. The summed E-state index contributed by atoms with van der Waals surface area (Å²) in [6.45, 7) is 7.17. The number of nitrogens with zero attached hydrogens (tertiary/aromatic N) is 2. The maximum absolute atomic E-state index is 12.5. The van der Waals surface area contributed by atoms with Crippen LogP contribution < -0.4 is 10.6 Å². The highest BCUT2D eigenvalue weighted by atomic mass is 16.5. The zero-order valence-corrected chi connectivity index (χ0v) is 17.3. The summed E-state index contributed by atoms with van der Waals surface area (Å²) >= 11 is 0. The van der Waals surface area contributed by atoms with Crippen molar-refractivity contribution in [2.24, 2.45) is 0 Å². The Morgan fingerprint density at radius 2 is 1.41 bits per heavy atom. The summed E-state index contributed by atoms with van der Waals surface area (Å²) in [7, 11) is 2.51. The van der Waals surface area contributed by atoms with Crippen LogP contribution in [0.4, 0.5) is 28.4 Å². The Morgan fingerprint density at radius 1 is 0.875 bits per heavy atom. The van der Waals surface area contributed by atoms with E-state index in [1.807, 2.05) is 6.07 Å². The summed E-state index contributed by atoms with van der Waals surface area (Å²) in [4.78, 5) is 28.4. The number of esters is 2. The fourth-order valence-electron chi connectivity index (χ4n) is 2.99. The highest BCUT2D eigenvalue weighted by Gasteiger charge is 2.21. The van der Waals surface area contributed by atoms with E-state index in [-0.39, 0.29) is 11.1 Å². The number of carbonyl (C=O) groups is 2. The van der Waals surface area contributed by atoms with Crippen LogP contribution in [0.1, 0.15) is 26.3 Å². The van der Waals surface area contributed by atoms with Crippen LogP contribution >= 0.6 is 0 Å². The molecule has 0 heterocycles. The van der Waals surface area contributed by atoms with Gasteiger partial charge in [-0.3, -0.25) is 0 Å². The third-order valence-electron chi connectivity index (χ3n) is 4.49. The Hall–Kier alpha value is -4.82. The Kier molecular flexibility index (Phi) is 6.69. The van der Waals surface area contributed by atoms with Crippen LogP contribution in [-0.4, -0.2) is 26.2 Å². The van der Waals surface area contributed by atoms with Crippen LogP contribution in [-0.2, 0) is 9.47 Å². The topological polar surface area (TPSA) is 105 Å². The molecular weight excluding hydrogens is 408 g/mol. The summed E-state index contributed by atoms with van der Waals surface area (Å²) in [6.07, 6.45) is 0. The Morgan fingerprint density at radius 3 is 1.91 bits per heavy atom. The van der Waals surface area contributed by atoms with E-state index in [9.17, 15) is 9.59 Å². The van der Waals surface area contributed by atoms with E-state index < -0.39 is 11.9 Å². The van der Waals surface area contributed by atoms with Gasteiger partial charge >= 0.3 is 11.9 Å². The summed E-state index contributed by atoms with van der Waals surface area (Å²) in [6, 6.07) is 18.4. The molecule has 0 atom stereocenters. The second-order valence-corrected chi connectivity index (χ2v) is 6.53. The van der Waals surface area contributed by atoms with Crippen molar-refractivity contribution in [2.75, 3.05) is 24.9 Å². The van der Waals surface area contributed by atoms with Gasteiger partial charge in [0.25, 0.3) is 0 Å². The molecule has 8 nitrogen and oxygen atoms in total. The predicted octanol–water partition coefficient (Wildman–Crippen LogP) is 5.17. The second kappa shape index (κ2) is 9.79. The van der Waals surface area contributed by atoms with Gasteiger partial charge in [0.15, 0.2) is 5.69 Å². The van der Waals surface area contributed by atoms with Gasteiger partial charge in [0.1, 0.15) is 0 Å². The molecule has 3 aromatic carbocycles. The quantitative estimate of drug-likeness (QED) is 0.414. The van der Waals surface area contributed by atoms with E-state index in [1.54, 1.807) is 48.5 Å². The third kappa shape index (κ3) is 4.84. The molecule has 32 heavy (non-hydrogen) atoms. The van der Waals surface area contributed by atoms with E-state index in [4.69, 9.17) is 21.3 Å². The van der Waals surface area contributed by atoms with Gasteiger partial charge in [0.05, 0.1) is 54.9 Å². The van der Waals surface area contributed by atoms with Gasteiger partial charge in [-0.2, -0.15) is 5.26 Å². The molecule has 0 aliphatic rings. The monoisotopic (exact) mass is 426 g/mol. The molecule has 0 aliphatic heterocycles. The fourth-order valence-corrected chi connectivity index (χ4v) is 2.99. The predicted molar refractivity (Wildman–Crippen MR) is 120 cm³/mol. The minimum Gasteiger partial charge on any atom is -0.465 e. The average Bonchev–Trinajstić information content (AvgIpc) is 2.83. The normalized spacial score (nSPS) is 9.75. The molecule has 0 fully saturated rings. The smallest absolute Gasteiger partial charge is 0.340 e. The molecule has 3 aromatic rings. The maximum atomic E-state index is 12.5. The molecule has 0 amide bonds. The third-order valence-corrected chi connectivity index (χ3v) is 4.49. The van der Waals surface area contributed by atoms with E-state index in [0.29, 0.717) is 34.0 Å². The minimum absolute atomic E-state index is 0.159. The molecule has 0 radical (unpaired) electrons. The lowest BCUT2D eigenvalue weighted by Crippen LogP contribution is -2.12. The van der Waals surface area contributed by atoms with E-state index in [0.717, 1.165) is 0 Å². The number of nitrogens with one attached hydrogen (secondary N) is 2. The molecule has 0 aromatic heterocycles. The first-order chi connectivity index (χ1) is 15.5. The van der Waals surface area contributed by atoms with Crippen LogP contribution in [0, 0.1) is 17.9 Å². The molecule has 158 valence electrons. The zero-order valence-electron chi connectivity index (χ0n) is 17.3. The van der Waals surface area contributed by atoms with E-state index in [1.165, 1.54) is 26.4 Å². The first kappa shape index (κ1) is 21.9. The number of ether oxygens (including phenoxy) is 2. The minimum atomic E-state index is -0.627. The molecular formula is C24H18N4O4. The summed E-state index contributed by atoms with van der Waals surface area (Å²) < 4.78 is 9.83. The standard InChI is InChI=1S/C24H18N4O4/c1-26-16-7-5-9-18(11-16)28-22-13-19(23(29)31-2)21(12-20(22)24(30)32-3)27-17-8-4-6-15(10-17)14-25/h4-13,27-28H,2-3H3. The summed E-state index contributed by atoms with van der Waals surface area (Å²) in [5, 5.41) is 15.3. The molecule has 0 saturated carbocycles. The summed E-state index contributed by atoms with van der Waals surface area (Å²) in [5.74, 6) is -1.25. The first-order valence-electron chi connectivity index (χ1n) is 9.35. The van der Waals surface area contributed by atoms with Crippen molar-refractivity contribution in [3.63, 3.8) is 0 Å². The van der Waals surface area contributed by atoms with Crippen molar-refractivity contribution in [3.8, 4) is 6.07 Å². The summed E-state index contributed by atoms with van der Waals surface area (Å²) in [5.41, 5.74) is 2.87. The number of carbonyl (C=O) groups excluding carboxylic acids is 2. The van der Waals surface area contributed by atoms with Crippen molar-refractivity contribution >= 4 is 40.4 Å². The van der Waals surface area contributed by atoms with E-state index >= 15 is 0 Å². The molecule has 0 unspecified atom stereocenters. The van der Waals surface area contributed by atoms with Crippen LogP contribution in [0.25, 0.3) is 4.85 Å². The van der Waals surface area contributed by atoms with Crippen molar-refractivity contribution in [1.29, 1.82) is 5.26 Å². The van der Waals surface area contributed by atoms with Gasteiger partial charge < -0.3 is 20.1 Å². The van der Waals surface area contributed by atoms with Crippen molar-refractivity contribution in [3.05, 3.63) is 88.8 Å². The van der Waals surface area contributed by atoms with Gasteiger partial charge in [-0.15, -0.1) is 0 Å². The van der Waals surface area contributed by atoms with Crippen LogP contribution in [0.15, 0.2) is 60.7 Å². The molecule has 0 aliphatic carbocycles. The Balaban J connectivity index is 2.12. The molecule has 8 heteroatoms. The number of anilines is 4. The van der Waals surface area contributed by atoms with Crippen LogP contribution in [0.3, 0.4) is 0 Å². The lowest BCUT2D eigenvalue weighted by Gasteiger charge is -2.17. The highest BCUT2D eigenvalue weighted by molar-refractivity contribution is 6.04. The lowest BCUT2D eigenvalue weighted by atomic mass is 10.0. The Labute approximate surface area is 184 Å². The SMILES string of the molecule is [C-]#[N+]c1cccc(Nc2cc(C(=O)OC)c(Nc3cccc(C#N)c3)cc2C(=O)OC)c1. The fraction of sp³-hybridized carbons (Fsp3) is 0.0833. The number of methoxy groups -OCH3 is 2. The molecule has 2 N–H and O–H groups in total. The van der Waals surface area contributed by atoms with Gasteiger partial charge in [0, 0.05) is 11.4 Å². The number of rotatable bonds is 6. The lowest BCUT2D eigenvalue weighted by molar-refractivity contribution is 0.0588. The van der Waals surface area contributed by atoms with Crippen molar-refractivity contribution in [1.82, 2.24) is 0 Å². The first-order valence-corrected chi connectivity index (χ1v) is 9.35. The zero-order chi connectivity index (χ0) is 23.1. The number of hydrogen-bond acceptors (Lipinski definition) is 7. The van der Waals surface area contributed by atoms with Gasteiger partial charge in [-0.25, -0.2) is 14.4 Å². The molecule has 0 saturated heterocycles. The number of nitriles is 1. The largest absolute Gasteiger partial charge is 0.465 e. The molecule has 3 rings (SSSR count). The van der Waals surface area contributed by atoms with Crippen molar-refractivity contribution < 1.29 is 19.1 Å². The maximum Gasteiger partial charge on any atom is 0.340 e. The van der Waals surface area contributed by atoms with E-state index in [2.05, 4.69) is 15.5 Å². The van der Waals surface area contributed by atoms with Crippen LogP contribution in [0.2, 0.25) is 0 Å². The number of benzene rings is 3. The van der Waals surface area contributed by atoms with Crippen molar-refractivity contribution in [2.45, 2.75) is 0 Å². The molecule has 0 spiro atoms. The van der Waals surface area contributed by atoms with Crippen LogP contribution in [0.5, 0.6) is 0 Å². The van der Waals surface area contributed by atoms with Gasteiger partial charge in [0.2, 0.25) is 0 Å². The van der Waals surface area contributed by atoms with Gasteiger partial charge in [-0.05, 0) is 42.5 Å². The highest BCUT2D eigenvalue weighted by Crippen LogP contribution is 2.32. The Bertz CT molecular complexity index is 1170. The second-order valence-electron chi connectivity index (χ2n) is 6.53. The average molecular weight is 426 g/mol.